The van der Waals surface area contributed by atoms with E-state index in [4.69, 9.17) is 11.6 Å². The Morgan fingerprint density at radius 1 is 1.08 bits per heavy atom. The largest absolute Gasteiger partial charge is 0.387 e. The number of nitrogens with zero attached hydrogens (tertiary/aromatic N) is 1. The summed E-state index contributed by atoms with van der Waals surface area (Å²) in [4.78, 5) is 2.42. The molecule has 2 aromatic carbocycles. The predicted octanol–water partition coefficient (Wildman–Crippen LogP) is 4.72. The number of hydrogen-bond donors (Lipinski definition) is 1. The first-order valence-corrected chi connectivity index (χ1v) is 9.28. The van der Waals surface area contributed by atoms with E-state index in [-0.39, 0.29) is 0 Å². The SMILES string of the molecule is O[C@H](CN1CCCC(CCc2ccccc2)C1)c1ccc(Cl)cc1. The van der Waals surface area contributed by atoms with Crippen molar-refractivity contribution in [2.24, 2.45) is 5.92 Å². The van der Waals surface area contributed by atoms with Crippen LogP contribution in [0, 0.1) is 5.92 Å². The van der Waals surface area contributed by atoms with Crippen LogP contribution in [0.25, 0.3) is 0 Å². The summed E-state index contributed by atoms with van der Waals surface area (Å²) >= 11 is 5.92. The van der Waals surface area contributed by atoms with Crippen LogP contribution in [-0.2, 0) is 6.42 Å². The van der Waals surface area contributed by atoms with Gasteiger partial charge in [-0.2, -0.15) is 0 Å². The maximum absolute atomic E-state index is 10.5. The third-order valence-electron chi connectivity index (χ3n) is 4.97. The molecule has 0 spiro atoms. The molecular weight excluding hydrogens is 318 g/mol. The van der Waals surface area contributed by atoms with Crippen molar-refractivity contribution in [1.29, 1.82) is 0 Å². The average molecular weight is 344 g/mol. The minimum absolute atomic E-state index is 0.435. The Morgan fingerprint density at radius 3 is 2.58 bits per heavy atom. The van der Waals surface area contributed by atoms with Crippen molar-refractivity contribution in [3.05, 3.63) is 70.7 Å². The second kappa shape index (κ2) is 8.66. The second-order valence-corrected chi connectivity index (χ2v) is 7.30. The van der Waals surface area contributed by atoms with Gasteiger partial charge in [-0.05, 0) is 61.4 Å². The first kappa shape index (κ1) is 17.5. The van der Waals surface area contributed by atoms with Gasteiger partial charge in [-0.1, -0.05) is 54.1 Å². The van der Waals surface area contributed by atoms with Crippen molar-refractivity contribution >= 4 is 11.6 Å². The smallest absolute Gasteiger partial charge is 0.0916 e. The highest BCUT2D eigenvalue weighted by Crippen LogP contribution is 2.24. The summed E-state index contributed by atoms with van der Waals surface area (Å²) in [6.45, 7) is 2.90. The number of aliphatic hydroxyl groups excluding tert-OH is 1. The Balaban J connectivity index is 1.49. The van der Waals surface area contributed by atoms with Crippen LogP contribution in [0.1, 0.15) is 36.5 Å². The van der Waals surface area contributed by atoms with Crippen molar-refractivity contribution in [1.82, 2.24) is 4.90 Å². The fraction of sp³-hybridized carbons (Fsp3) is 0.429. The van der Waals surface area contributed by atoms with Gasteiger partial charge in [-0.15, -0.1) is 0 Å². The number of hydrogen-bond acceptors (Lipinski definition) is 2. The van der Waals surface area contributed by atoms with Crippen LogP contribution in [0.3, 0.4) is 0 Å². The molecule has 3 heteroatoms. The van der Waals surface area contributed by atoms with Gasteiger partial charge < -0.3 is 10.0 Å². The highest BCUT2D eigenvalue weighted by atomic mass is 35.5. The zero-order chi connectivity index (χ0) is 16.8. The standard InChI is InChI=1S/C21H26ClNO/c22-20-12-10-19(11-13-20)21(24)16-23-14-4-7-18(15-23)9-8-17-5-2-1-3-6-17/h1-3,5-6,10-13,18,21,24H,4,7-9,14-16H2/t18?,21-/m1/s1. The zero-order valence-electron chi connectivity index (χ0n) is 14.1. The Bertz CT molecular complexity index is 613. The molecule has 0 amide bonds. The summed E-state index contributed by atoms with van der Waals surface area (Å²) in [7, 11) is 0. The molecule has 128 valence electrons. The van der Waals surface area contributed by atoms with Gasteiger partial charge in [0.2, 0.25) is 0 Å². The van der Waals surface area contributed by atoms with Crippen molar-refractivity contribution < 1.29 is 5.11 Å². The van der Waals surface area contributed by atoms with Gasteiger partial charge >= 0.3 is 0 Å². The summed E-state index contributed by atoms with van der Waals surface area (Å²) in [5.74, 6) is 0.733. The van der Waals surface area contributed by atoms with E-state index in [1.807, 2.05) is 24.3 Å². The molecule has 2 nitrogen and oxygen atoms in total. The number of rotatable bonds is 6. The molecule has 1 aliphatic rings. The van der Waals surface area contributed by atoms with E-state index in [0.717, 1.165) is 31.0 Å². The summed E-state index contributed by atoms with van der Waals surface area (Å²) < 4.78 is 0. The topological polar surface area (TPSA) is 23.5 Å². The molecule has 1 unspecified atom stereocenters. The average Bonchev–Trinajstić information content (AvgIpc) is 2.62. The summed E-state index contributed by atoms with van der Waals surface area (Å²) in [6.07, 6.45) is 4.49. The van der Waals surface area contributed by atoms with E-state index in [0.29, 0.717) is 11.6 Å². The highest BCUT2D eigenvalue weighted by molar-refractivity contribution is 6.30. The van der Waals surface area contributed by atoms with Crippen LogP contribution < -0.4 is 0 Å². The molecule has 0 saturated carbocycles. The quantitative estimate of drug-likeness (QED) is 0.820. The van der Waals surface area contributed by atoms with Gasteiger partial charge in [0.15, 0.2) is 0 Å². The van der Waals surface area contributed by atoms with Crippen molar-refractivity contribution in [2.75, 3.05) is 19.6 Å². The van der Waals surface area contributed by atoms with Crippen LogP contribution in [0.2, 0.25) is 5.02 Å². The third-order valence-corrected chi connectivity index (χ3v) is 5.23. The molecule has 2 atom stereocenters. The fourth-order valence-electron chi connectivity index (χ4n) is 3.60. The van der Waals surface area contributed by atoms with Crippen molar-refractivity contribution in [3.8, 4) is 0 Å². The summed E-state index contributed by atoms with van der Waals surface area (Å²) in [5.41, 5.74) is 2.38. The molecular formula is C21H26ClNO. The molecule has 2 aromatic rings. The molecule has 0 aliphatic carbocycles. The van der Waals surface area contributed by atoms with Crippen LogP contribution >= 0.6 is 11.6 Å². The van der Waals surface area contributed by atoms with E-state index in [1.165, 1.54) is 24.8 Å². The van der Waals surface area contributed by atoms with Gasteiger partial charge in [-0.25, -0.2) is 0 Å². The maximum atomic E-state index is 10.5. The lowest BCUT2D eigenvalue weighted by Crippen LogP contribution is -2.38. The Hall–Kier alpha value is -1.35. The van der Waals surface area contributed by atoms with Crippen LogP contribution in [-0.4, -0.2) is 29.6 Å². The lowest BCUT2D eigenvalue weighted by Gasteiger charge is -2.34. The van der Waals surface area contributed by atoms with Crippen LogP contribution in [0.5, 0.6) is 0 Å². The Kier molecular flexibility index (Phi) is 6.30. The molecule has 1 fully saturated rings. The molecule has 1 N–H and O–H groups in total. The van der Waals surface area contributed by atoms with E-state index in [9.17, 15) is 5.11 Å². The third kappa shape index (κ3) is 5.07. The number of aliphatic hydroxyl groups is 1. The first-order valence-electron chi connectivity index (χ1n) is 8.90. The zero-order valence-corrected chi connectivity index (χ0v) is 14.8. The molecule has 24 heavy (non-hydrogen) atoms. The van der Waals surface area contributed by atoms with E-state index >= 15 is 0 Å². The maximum Gasteiger partial charge on any atom is 0.0916 e. The number of benzene rings is 2. The Labute approximate surface area is 150 Å². The number of halogens is 1. The molecule has 0 bridgehead atoms. The molecule has 1 aliphatic heterocycles. The molecule has 3 rings (SSSR count). The number of aryl methyl sites for hydroxylation is 1. The predicted molar refractivity (Wildman–Crippen MR) is 100 cm³/mol. The van der Waals surface area contributed by atoms with E-state index in [2.05, 4.69) is 35.2 Å². The van der Waals surface area contributed by atoms with Gasteiger partial charge in [0, 0.05) is 18.1 Å². The van der Waals surface area contributed by atoms with Crippen LogP contribution in [0.4, 0.5) is 0 Å². The number of β-amino-alcohol motifs (C(OH)–C–C–N with tert-alkyl or cyclic N) is 1. The number of piperidine rings is 1. The summed E-state index contributed by atoms with van der Waals surface area (Å²) in [5, 5.41) is 11.2. The summed E-state index contributed by atoms with van der Waals surface area (Å²) in [6, 6.07) is 18.3. The molecule has 1 saturated heterocycles. The van der Waals surface area contributed by atoms with Gasteiger partial charge in [0.1, 0.15) is 0 Å². The minimum atomic E-state index is -0.435. The lowest BCUT2D eigenvalue weighted by molar-refractivity contribution is 0.0827. The molecule has 1 heterocycles. The van der Waals surface area contributed by atoms with E-state index < -0.39 is 6.10 Å². The van der Waals surface area contributed by atoms with Crippen molar-refractivity contribution in [3.63, 3.8) is 0 Å². The van der Waals surface area contributed by atoms with Gasteiger partial charge in [-0.3, -0.25) is 0 Å². The minimum Gasteiger partial charge on any atom is -0.387 e. The normalized spacial score (nSPS) is 20.0. The lowest BCUT2D eigenvalue weighted by atomic mass is 9.91. The fourth-order valence-corrected chi connectivity index (χ4v) is 3.73. The van der Waals surface area contributed by atoms with Gasteiger partial charge in [0.05, 0.1) is 6.10 Å². The monoisotopic (exact) mass is 343 g/mol. The van der Waals surface area contributed by atoms with Crippen molar-refractivity contribution in [2.45, 2.75) is 31.8 Å². The van der Waals surface area contributed by atoms with E-state index in [1.54, 1.807) is 0 Å². The first-order chi connectivity index (χ1) is 11.7. The highest BCUT2D eigenvalue weighted by Gasteiger charge is 2.22. The second-order valence-electron chi connectivity index (χ2n) is 6.86. The molecule has 0 radical (unpaired) electrons. The van der Waals surface area contributed by atoms with Crippen LogP contribution in [0.15, 0.2) is 54.6 Å². The van der Waals surface area contributed by atoms with Gasteiger partial charge in [0.25, 0.3) is 0 Å². The number of likely N-dealkylation sites (tertiary alicyclic amines) is 1. The molecule has 0 aromatic heterocycles. The Morgan fingerprint density at radius 2 is 1.83 bits per heavy atom.